The highest BCUT2D eigenvalue weighted by molar-refractivity contribution is 5.33. The van der Waals surface area contributed by atoms with Gasteiger partial charge in [-0.1, -0.05) is 12.5 Å². The van der Waals surface area contributed by atoms with Crippen LogP contribution < -0.4 is 5.32 Å². The molecule has 17 heavy (non-hydrogen) atoms. The molecule has 1 nitrogen and oxygen atoms in total. The fourth-order valence-corrected chi connectivity index (χ4v) is 2.20. The maximum atomic E-state index is 12.9. The van der Waals surface area contributed by atoms with Crippen LogP contribution in [0.2, 0.25) is 0 Å². The predicted molar refractivity (Wildman–Crippen MR) is 56.0 cm³/mol. The van der Waals surface area contributed by atoms with E-state index in [9.17, 15) is 17.6 Å². The third kappa shape index (κ3) is 2.77. The van der Waals surface area contributed by atoms with Gasteiger partial charge in [-0.2, -0.15) is 13.2 Å². The second-order valence-electron chi connectivity index (χ2n) is 4.23. The van der Waals surface area contributed by atoms with E-state index < -0.39 is 17.6 Å². The number of alkyl halides is 3. The second kappa shape index (κ2) is 4.64. The first kappa shape index (κ1) is 12.4. The summed E-state index contributed by atoms with van der Waals surface area (Å²) in [4.78, 5) is 0. The van der Waals surface area contributed by atoms with Crippen LogP contribution in [-0.2, 0) is 6.18 Å². The number of piperidine rings is 1. The summed E-state index contributed by atoms with van der Waals surface area (Å²) in [6, 6.07) is 2.58. The van der Waals surface area contributed by atoms with Crippen molar-refractivity contribution in [2.24, 2.45) is 0 Å². The highest BCUT2D eigenvalue weighted by Crippen LogP contribution is 2.37. The van der Waals surface area contributed by atoms with Crippen LogP contribution in [0, 0.1) is 5.82 Å². The first-order valence-corrected chi connectivity index (χ1v) is 5.58. The normalized spacial score (nSPS) is 21.5. The largest absolute Gasteiger partial charge is 0.416 e. The Morgan fingerprint density at radius 3 is 2.53 bits per heavy atom. The van der Waals surface area contributed by atoms with Crippen molar-refractivity contribution in [1.29, 1.82) is 0 Å². The molecule has 1 atom stereocenters. The Morgan fingerprint density at radius 1 is 1.18 bits per heavy atom. The van der Waals surface area contributed by atoms with Gasteiger partial charge in [0.15, 0.2) is 0 Å². The summed E-state index contributed by atoms with van der Waals surface area (Å²) in [5, 5.41) is 3.04. The molecule has 0 bridgehead atoms. The number of hydrogen-bond acceptors (Lipinski definition) is 1. The van der Waals surface area contributed by atoms with Gasteiger partial charge in [-0.05, 0) is 37.1 Å². The van der Waals surface area contributed by atoms with Gasteiger partial charge in [0, 0.05) is 6.04 Å². The molecule has 0 amide bonds. The van der Waals surface area contributed by atoms with Crippen molar-refractivity contribution in [2.45, 2.75) is 31.5 Å². The topological polar surface area (TPSA) is 12.0 Å². The number of hydrogen-bond donors (Lipinski definition) is 1. The molecule has 2 rings (SSSR count). The Morgan fingerprint density at radius 2 is 1.94 bits per heavy atom. The fourth-order valence-electron chi connectivity index (χ4n) is 2.20. The monoisotopic (exact) mass is 247 g/mol. The minimum atomic E-state index is -4.50. The molecule has 1 aliphatic heterocycles. The summed E-state index contributed by atoms with van der Waals surface area (Å²) in [5.74, 6) is -0.850. The zero-order valence-corrected chi connectivity index (χ0v) is 9.15. The van der Waals surface area contributed by atoms with Crippen molar-refractivity contribution < 1.29 is 17.6 Å². The summed E-state index contributed by atoms with van der Waals surface area (Å²) in [6.45, 7) is 0.708. The maximum absolute atomic E-state index is 12.9. The Balaban J connectivity index is 2.38. The Labute approximate surface area is 96.8 Å². The standard InChI is InChI=1S/C12H13F4N/c13-8-4-5-9(10(7-8)12(14,15)16)11-3-1-2-6-17-11/h4-5,7,11,17H,1-3,6H2. The molecule has 94 valence electrons. The molecular weight excluding hydrogens is 234 g/mol. The SMILES string of the molecule is Fc1ccc(C2CCCCN2)c(C(F)(F)F)c1. The van der Waals surface area contributed by atoms with E-state index in [-0.39, 0.29) is 11.6 Å². The molecule has 0 aromatic heterocycles. The molecule has 0 spiro atoms. The highest BCUT2D eigenvalue weighted by atomic mass is 19.4. The van der Waals surface area contributed by atoms with Crippen LogP contribution in [0.1, 0.15) is 36.4 Å². The molecule has 1 aromatic carbocycles. The Hall–Kier alpha value is -1.10. The lowest BCUT2D eigenvalue weighted by atomic mass is 9.93. The van der Waals surface area contributed by atoms with Gasteiger partial charge in [-0.3, -0.25) is 0 Å². The maximum Gasteiger partial charge on any atom is 0.416 e. The molecule has 1 N–H and O–H groups in total. The molecule has 1 aromatic rings. The molecule has 1 unspecified atom stereocenters. The van der Waals surface area contributed by atoms with E-state index in [4.69, 9.17) is 0 Å². The number of benzene rings is 1. The van der Waals surface area contributed by atoms with Crippen LogP contribution in [0.5, 0.6) is 0 Å². The molecule has 1 aliphatic rings. The van der Waals surface area contributed by atoms with E-state index >= 15 is 0 Å². The van der Waals surface area contributed by atoms with E-state index in [1.807, 2.05) is 0 Å². The van der Waals surface area contributed by atoms with E-state index in [1.165, 1.54) is 6.07 Å². The lowest BCUT2D eigenvalue weighted by Crippen LogP contribution is -2.28. The third-order valence-electron chi connectivity index (χ3n) is 3.01. The van der Waals surface area contributed by atoms with Crippen molar-refractivity contribution in [1.82, 2.24) is 5.32 Å². The van der Waals surface area contributed by atoms with Gasteiger partial charge in [0.05, 0.1) is 5.56 Å². The molecule has 0 aliphatic carbocycles. The van der Waals surface area contributed by atoms with Crippen LogP contribution in [-0.4, -0.2) is 6.54 Å². The minimum absolute atomic E-state index is 0.151. The smallest absolute Gasteiger partial charge is 0.310 e. The molecular formula is C12H13F4N. The zero-order valence-electron chi connectivity index (χ0n) is 9.15. The summed E-state index contributed by atoms with van der Waals surface area (Å²) < 4.78 is 51.3. The van der Waals surface area contributed by atoms with Gasteiger partial charge in [-0.15, -0.1) is 0 Å². The fraction of sp³-hybridized carbons (Fsp3) is 0.500. The molecule has 1 fully saturated rings. The van der Waals surface area contributed by atoms with Crippen LogP contribution in [0.25, 0.3) is 0 Å². The van der Waals surface area contributed by atoms with Gasteiger partial charge >= 0.3 is 6.18 Å². The summed E-state index contributed by atoms with van der Waals surface area (Å²) >= 11 is 0. The minimum Gasteiger partial charge on any atom is -0.310 e. The van der Waals surface area contributed by atoms with Gasteiger partial charge in [0.25, 0.3) is 0 Å². The van der Waals surface area contributed by atoms with Crippen LogP contribution in [0.4, 0.5) is 17.6 Å². The van der Waals surface area contributed by atoms with E-state index in [1.54, 1.807) is 0 Å². The average molecular weight is 247 g/mol. The molecule has 1 heterocycles. The number of halogens is 4. The van der Waals surface area contributed by atoms with E-state index in [0.29, 0.717) is 19.0 Å². The summed E-state index contributed by atoms with van der Waals surface area (Å²) in [7, 11) is 0. The van der Waals surface area contributed by atoms with Crippen molar-refractivity contribution in [3.05, 3.63) is 35.1 Å². The van der Waals surface area contributed by atoms with Crippen LogP contribution in [0.15, 0.2) is 18.2 Å². The van der Waals surface area contributed by atoms with Crippen molar-refractivity contribution in [2.75, 3.05) is 6.54 Å². The lowest BCUT2D eigenvalue weighted by molar-refractivity contribution is -0.138. The molecule has 5 heteroatoms. The van der Waals surface area contributed by atoms with E-state index in [2.05, 4.69) is 5.32 Å². The Kier molecular flexibility index (Phi) is 3.38. The van der Waals surface area contributed by atoms with Gasteiger partial charge in [0.1, 0.15) is 5.82 Å². The van der Waals surface area contributed by atoms with E-state index in [0.717, 1.165) is 18.9 Å². The molecule has 0 radical (unpaired) electrons. The van der Waals surface area contributed by atoms with Crippen molar-refractivity contribution >= 4 is 0 Å². The highest BCUT2D eigenvalue weighted by Gasteiger charge is 2.35. The second-order valence-corrected chi connectivity index (χ2v) is 4.23. The molecule has 1 saturated heterocycles. The predicted octanol–water partition coefficient (Wildman–Crippen LogP) is 3.66. The van der Waals surface area contributed by atoms with Crippen molar-refractivity contribution in [3.8, 4) is 0 Å². The van der Waals surface area contributed by atoms with Gasteiger partial charge in [-0.25, -0.2) is 4.39 Å². The van der Waals surface area contributed by atoms with Crippen molar-refractivity contribution in [3.63, 3.8) is 0 Å². The molecule has 0 saturated carbocycles. The Bertz CT molecular complexity index is 394. The quantitative estimate of drug-likeness (QED) is 0.747. The number of nitrogens with one attached hydrogen (secondary N) is 1. The zero-order chi connectivity index (χ0) is 12.5. The lowest BCUT2D eigenvalue weighted by Gasteiger charge is -2.26. The first-order valence-electron chi connectivity index (χ1n) is 5.58. The first-order chi connectivity index (χ1) is 7.98. The van der Waals surface area contributed by atoms with Crippen LogP contribution >= 0.6 is 0 Å². The summed E-state index contributed by atoms with van der Waals surface area (Å²) in [5.41, 5.74) is -0.712. The van der Waals surface area contributed by atoms with Gasteiger partial charge in [0.2, 0.25) is 0 Å². The third-order valence-corrected chi connectivity index (χ3v) is 3.01. The van der Waals surface area contributed by atoms with Crippen LogP contribution in [0.3, 0.4) is 0 Å². The summed E-state index contributed by atoms with van der Waals surface area (Å²) in [6.07, 6.45) is -1.98. The average Bonchev–Trinajstić information content (AvgIpc) is 2.29. The van der Waals surface area contributed by atoms with Gasteiger partial charge < -0.3 is 5.32 Å². The number of rotatable bonds is 1.